The molecule has 0 atom stereocenters. The van der Waals surface area contributed by atoms with E-state index in [1.165, 1.54) is 11.1 Å². The quantitative estimate of drug-likeness (QED) is 0.390. The van der Waals surface area contributed by atoms with Crippen LogP contribution in [0.2, 0.25) is 0 Å². The van der Waals surface area contributed by atoms with Gasteiger partial charge in [0.15, 0.2) is 12.6 Å². The van der Waals surface area contributed by atoms with Crippen LogP contribution in [0, 0.1) is 0 Å². The van der Waals surface area contributed by atoms with Crippen molar-refractivity contribution in [2.45, 2.75) is 64.0 Å². The first-order valence-corrected chi connectivity index (χ1v) is 10.7. The first-order chi connectivity index (χ1) is 14.5. The van der Waals surface area contributed by atoms with E-state index in [9.17, 15) is 9.90 Å². The van der Waals surface area contributed by atoms with Crippen molar-refractivity contribution in [3.8, 4) is 17.0 Å². The maximum absolute atomic E-state index is 11.3. The molecule has 0 bridgehead atoms. The fourth-order valence-electron chi connectivity index (χ4n) is 4.39. The summed E-state index contributed by atoms with van der Waals surface area (Å²) in [6.45, 7) is 4.43. The molecule has 1 saturated carbocycles. The number of hydrogen-bond donors (Lipinski definition) is 2. The van der Waals surface area contributed by atoms with Gasteiger partial charge in [-0.15, -0.1) is 10.2 Å². The van der Waals surface area contributed by atoms with Crippen LogP contribution in [0.1, 0.15) is 61.0 Å². The zero-order valence-corrected chi connectivity index (χ0v) is 17.6. The predicted molar refractivity (Wildman–Crippen MR) is 114 cm³/mol. The van der Waals surface area contributed by atoms with Crippen LogP contribution in [-0.2, 0) is 17.6 Å². The molecule has 1 aromatic carbocycles. The highest BCUT2D eigenvalue weighted by Gasteiger charge is 2.39. The van der Waals surface area contributed by atoms with E-state index in [0.29, 0.717) is 30.8 Å². The second kappa shape index (κ2) is 8.70. The number of fused-ring (bicyclic) bond motifs is 1. The Balaban J connectivity index is 1.68. The van der Waals surface area contributed by atoms with Crippen LogP contribution in [0.5, 0.6) is 5.75 Å². The van der Waals surface area contributed by atoms with E-state index in [4.69, 9.17) is 9.47 Å². The molecule has 2 aliphatic rings. The SMILES string of the molecule is CCOCOc1cc(C=O)ccc1-c1nnc(NC2CC(C)(O)C2)c2c1CCCC2. The number of carbonyl (C=O) groups excluding carboxylic acids is 1. The molecule has 1 heterocycles. The van der Waals surface area contributed by atoms with Crippen LogP contribution in [0.15, 0.2) is 18.2 Å². The van der Waals surface area contributed by atoms with Crippen LogP contribution in [-0.4, -0.2) is 46.6 Å². The van der Waals surface area contributed by atoms with Crippen LogP contribution in [0.25, 0.3) is 11.3 Å². The van der Waals surface area contributed by atoms with Gasteiger partial charge in [-0.1, -0.05) is 6.07 Å². The van der Waals surface area contributed by atoms with E-state index in [1.807, 2.05) is 19.9 Å². The molecule has 0 spiro atoms. The standard InChI is InChI=1S/C23H29N3O4/c1-3-29-14-30-20-10-15(13-27)8-9-19(20)21-17-6-4-5-7-18(17)22(26-25-21)24-16-11-23(2,28)12-16/h8-10,13,16,28H,3-7,11-12,14H2,1-2H3,(H,24,26). The number of hydrogen-bond acceptors (Lipinski definition) is 7. The zero-order chi connectivity index (χ0) is 21.1. The normalized spacial score (nSPS) is 22.7. The molecule has 0 amide bonds. The van der Waals surface area contributed by atoms with Crippen LogP contribution >= 0.6 is 0 Å². The molecular weight excluding hydrogens is 382 g/mol. The van der Waals surface area contributed by atoms with E-state index in [2.05, 4.69) is 15.5 Å². The first kappa shape index (κ1) is 20.8. The largest absolute Gasteiger partial charge is 0.467 e. The lowest BCUT2D eigenvalue weighted by Gasteiger charge is -2.41. The molecule has 0 saturated heterocycles. The van der Waals surface area contributed by atoms with E-state index >= 15 is 0 Å². The molecule has 2 aromatic rings. The highest BCUT2D eigenvalue weighted by atomic mass is 16.7. The molecule has 30 heavy (non-hydrogen) atoms. The van der Waals surface area contributed by atoms with Gasteiger partial charge >= 0.3 is 0 Å². The van der Waals surface area contributed by atoms with Crippen molar-refractivity contribution in [2.24, 2.45) is 0 Å². The van der Waals surface area contributed by atoms with Gasteiger partial charge in [0.05, 0.1) is 5.60 Å². The average Bonchev–Trinajstić information content (AvgIpc) is 2.73. The van der Waals surface area contributed by atoms with Crippen molar-refractivity contribution in [1.29, 1.82) is 0 Å². The summed E-state index contributed by atoms with van der Waals surface area (Å²) in [5, 5.41) is 22.6. The minimum absolute atomic E-state index is 0.114. The molecule has 0 aliphatic heterocycles. The second-order valence-corrected chi connectivity index (χ2v) is 8.44. The van der Waals surface area contributed by atoms with E-state index < -0.39 is 5.60 Å². The lowest BCUT2D eigenvalue weighted by atomic mass is 9.77. The maximum atomic E-state index is 11.3. The number of rotatable bonds is 8. The van der Waals surface area contributed by atoms with Crippen molar-refractivity contribution in [3.63, 3.8) is 0 Å². The Hall–Kier alpha value is -2.51. The van der Waals surface area contributed by atoms with Gasteiger partial charge in [-0.3, -0.25) is 4.79 Å². The van der Waals surface area contributed by atoms with Crippen molar-refractivity contribution in [1.82, 2.24) is 10.2 Å². The molecule has 2 aliphatic carbocycles. The van der Waals surface area contributed by atoms with Gasteiger partial charge < -0.3 is 19.9 Å². The molecule has 0 unspecified atom stereocenters. The van der Waals surface area contributed by atoms with Crippen LogP contribution in [0.3, 0.4) is 0 Å². The molecule has 1 fully saturated rings. The van der Waals surface area contributed by atoms with Gasteiger partial charge in [-0.05, 0) is 70.1 Å². The number of carbonyl (C=O) groups is 1. The summed E-state index contributed by atoms with van der Waals surface area (Å²) in [4.78, 5) is 11.3. The summed E-state index contributed by atoms with van der Waals surface area (Å²) in [7, 11) is 0. The Morgan fingerprint density at radius 2 is 2.00 bits per heavy atom. The second-order valence-electron chi connectivity index (χ2n) is 8.44. The lowest BCUT2D eigenvalue weighted by molar-refractivity contribution is -0.0235. The third-order valence-electron chi connectivity index (χ3n) is 5.90. The molecule has 160 valence electrons. The number of nitrogens with zero attached hydrogens (tertiary/aromatic N) is 2. The Bertz CT molecular complexity index is 921. The van der Waals surface area contributed by atoms with Gasteiger partial charge in [-0.2, -0.15) is 0 Å². The number of aromatic nitrogens is 2. The summed E-state index contributed by atoms with van der Waals surface area (Å²) in [5.41, 5.74) is 3.97. The average molecular weight is 412 g/mol. The molecule has 7 nitrogen and oxygen atoms in total. The summed E-state index contributed by atoms with van der Waals surface area (Å²) in [5.74, 6) is 1.40. The minimum Gasteiger partial charge on any atom is -0.467 e. The third kappa shape index (κ3) is 4.32. The number of ether oxygens (including phenoxy) is 2. The summed E-state index contributed by atoms with van der Waals surface area (Å²) >= 11 is 0. The molecule has 4 rings (SSSR count). The van der Waals surface area contributed by atoms with Crippen LogP contribution < -0.4 is 10.1 Å². The predicted octanol–water partition coefficient (Wildman–Crippen LogP) is 3.53. The molecule has 7 heteroatoms. The number of nitrogens with one attached hydrogen (secondary N) is 1. The van der Waals surface area contributed by atoms with Gasteiger partial charge in [0.25, 0.3) is 0 Å². The van der Waals surface area contributed by atoms with Crippen molar-refractivity contribution in [3.05, 3.63) is 34.9 Å². The number of aldehydes is 1. The zero-order valence-electron chi connectivity index (χ0n) is 17.6. The van der Waals surface area contributed by atoms with Crippen molar-refractivity contribution >= 4 is 12.1 Å². The highest BCUT2D eigenvalue weighted by molar-refractivity contribution is 5.81. The van der Waals surface area contributed by atoms with E-state index in [0.717, 1.165) is 49.0 Å². The fourth-order valence-corrected chi connectivity index (χ4v) is 4.39. The highest BCUT2D eigenvalue weighted by Crippen LogP contribution is 2.39. The molecule has 2 N–H and O–H groups in total. The van der Waals surface area contributed by atoms with Crippen molar-refractivity contribution in [2.75, 3.05) is 18.7 Å². The van der Waals surface area contributed by atoms with E-state index in [1.54, 1.807) is 12.1 Å². The minimum atomic E-state index is -0.585. The lowest BCUT2D eigenvalue weighted by Crippen LogP contribution is -2.48. The Morgan fingerprint density at radius 1 is 1.23 bits per heavy atom. The monoisotopic (exact) mass is 411 g/mol. The van der Waals surface area contributed by atoms with Crippen LogP contribution in [0.4, 0.5) is 5.82 Å². The topological polar surface area (TPSA) is 93.6 Å². The smallest absolute Gasteiger partial charge is 0.189 e. The first-order valence-electron chi connectivity index (χ1n) is 10.7. The molecular formula is C23H29N3O4. The number of anilines is 1. The Kier molecular flexibility index (Phi) is 6.01. The van der Waals surface area contributed by atoms with E-state index in [-0.39, 0.29) is 12.8 Å². The van der Waals surface area contributed by atoms with Gasteiger partial charge in [0.1, 0.15) is 17.7 Å². The Morgan fingerprint density at radius 3 is 2.70 bits per heavy atom. The summed E-state index contributed by atoms with van der Waals surface area (Å²) in [6, 6.07) is 5.60. The van der Waals surface area contributed by atoms with Gasteiger partial charge in [0, 0.05) is 29.3 Å². The number of aliphatic hydroxyl groups is 1. The van der Waals surface area contributed by atoms with Gasteiger partial charge in [0.2, 0.25) is 0 Å². The molecule has 1 aromatic heterocycles. The Labute approximate surface area is 176 Å². The third-order valence-corrected chi connectivity index (χ3v) is 5.90. The van der Waals surface area contributed by atoms with Gasteiger partial charge in [-0.25, -0.2) is 0 Å². The molecule has 0 radical (unpaired) electrons. The number of benzene rings is 1. The summed E-state index contributed by atoms with van der Waals surface area (Å²) < 4.78 is 11.2. The maximum Gasteiger partial charge on any atom is 0.189 e. The summed E-state index contributed by atoms with van der Waals surface area (Å²) in [6.07, 6.45) is 6.33. The van der Waals surface area contributed by atoms with Crippen molar-refractivity contribution < 1.29 is 19.4 Å². The fraction of sp³-hybridized carbons (Fsp3) is 0.522.